The summed E-state index contributed by atoms with van der Waals surface area (Å²) in [5.41, 5.74) is 2.33. The summed E-state index contributed by atoms with van der Waals surface area (Å²) in [5.74, 6) is 1.05. The van der Waals surface area contributed by atoms with Crippen LogP contribution in [0.5, 0.6) is 0 Å². The van der Waals surface area contributed by atoms with Crippen LogP contribution in [0.3, 0.4) is 0 Å². The minimum atomic E-state index is 0.0605. The summed E-state index contributed by atoms with van der Waals surface area (Å²) >= 11 is 0. The second kappa shape index (κ2) is 6.55. The molecule has 1 aromatic heterocycles. The summed E-state index contributed by atoms with van der Waals surface area (Å²) in [5, 5.41) is 2.91. The molecule has 0 atom stereocenters. The van der Waals surface area contributed by atoms with Crippen LogP contribution in [0.1, 0.15) is 58.3 Å². The van der Waals surface area contributed by atoms with Crippen molar-refractivity contribution in [3.8, 4) is 0 Å². The predicted octanol–water partition coefficient (Wildman–Crippen LogP) is 4.47. The molecule has 1 aromatic carbocycles. The number of hydrogen-bond acceptors (Lipinski definition) is 3. The van der Waals surface area contributed by atoms with E-state index in [9.17, 15) is 4.79 Å². The van der Waals surface area contributed by atoms with E-state index in [-0.39, 0.29) is 11.8 Å². The van der Waals surface area contributed by atoms with E-state index in [0.717, 1.165) is 41.9 Å². The van der Waals surface area contributed by atoms with Gasteiger partial charge in [-0.2, -0.15) is 0 Å². The van der Waals surface area contributed by atoms with Gasteiger partial charge in [-0.3, -0.25) is 4.79 Å². The van der Waals surface area contributed by atoms with E-state index in [2.05, 4.69) is 17.2 Å². The molecule has 0 saturated heterocycles. The number of amides is 1. The molecule has 1 N–H and O–H groups in total. The number of aromatic nitrogens is 1. The van der Waals surface area contributed by atoms with E-state index in [1.807, 2.05) is 32.0 Å². The number of carbonyl (C=O) groups excluding carboxylic acids is 1. The lowest BCUT2D eigenvalue weighted by Crippen LogP contribution is -2.10. The highest BCUT2D eigenvalue weighted by Gasteiger charge is 2.10. The number of oxazole rings is 1. The molecule has 0 spiro atoms. The van der Waals surface area contributed by atoms with E-state index in [1.54, 1.807) is 0 Å². The van der Waals surface area contributed by atoms with Crippen LogP contribution in [0.4, 0.5) is 5.69 Å². The Morgan fingerprint density at radius 1 is 1.35 bits per heavy atom. The van der Waals surface area contributed by atoms with E-state index >= 15 is 0 Å². The summed E-state index contributed by atoms with van der Waals surface area (Å²) < 4.78 is 5.65. The van der Waals surface area contributed by atoms with E-state index in [0.29, 0.717) is 6.42 Å². The molecular weight excluding hydrogens is 252 g/mol. The Balaban J connectivity index is 2.05. The number of nitrogens with one attached hydrogen (secondary N) is 1. The van der Waals surface area contributed by atoms with Crippen molar-refractivity contribution < 1.29 is 9.21 Å². The summed E-state index contributed by atoms with van der Waals surface area (Å²) in [6, 6.07) is 5.58. The van der Waals surface area contributed by atoms with Crippen LogP contribution in [0.15, 0.2) is 22.6 Å². The normalized spacial score (nSPS) is 11.2. The summed E-state index contributed by atoms with van der Waals surface area (Å²) in [6.07, 6.45) is 3.72. The molecule has 1 amide bonds. The van der Waals surface area contributed by atoms with Crippen molar-refractivity contribution in [2.24, 2.45) is 0 Å². The van der Waals surface area contributed by atoms with Crippen LogP contribution >= 0.6 is 0 Å². The monoisotopic (exact) mass is 274 g/mol. The molecule has 0 unspecified atom stereocenters. The molecule has 4 nitrogen and oxygen atoms in total. The molecule has 0 bridgehead atoms. The summed E-state index contributed by atoms with van der Waals surface area (Å²) in [4.78, 5) is 16.2. The molecule has 0 fully saturated rings. The Kier molecular flexibility index (Phi) is 4.77. The van der Waals surface area contributed by atoms with Gasteiger partial charge in [-0.1, -0.05) is 33.6 Å². The van der Waals surface area contributed by atoms with Gasteiger partial charge in [0.2, 0.25) is 5.91 Å². The lowest BCUT2D eigenvalue weighted by molar-refractivity contribution is -0.116. The first-order valence-corrected chi connectivity index (χ1v) is 7.30. The fourth-order valence-electron chi connectivity index (χ4n) is 2.03. The van der Waals surface area contributed by atoms with Gasteiger partial charge >= 0.3 is 0 Å². The molecule has 1 heterocycles. The number of carbonyl (C=O) groups is 1. The maximum Gasteiger partial charge on any atom is 0.224 e. The fourth-order valence-corrected chi connectivity index (χ4v) is 2.03. The van der Waals surface area contributed by atoms with Crippen molar-refractivity contribution in [3.63, 3.8) is 0 Å². The van der Waals surface area contributed by atoms with Crippen molar-refractivity contribution in [2.45, 2.75) is 52.4 Å². The van der Waals surface area contributed by atoms with Crippen LogP contribution in [0, 0.1) is 0 Å². The third-order valence-corrected chi connectivity index (χ3v) is 3.19. The van der Waals surface area contributed by atoms with Gasteiger partial charge in [0.1, 0.15) is 5.52 Å². The molecule has 108 valence electrons. The van der Waals surface area contributed by atoms with Crippen molar-refractivity contribution in [1.29, 1.82) is 0 Å². The van der Waals surface area contributed by atoms with Gasteiger partial charge in [0.05, 0.1) is 0 Å². The van der Waals surface area contributed by atoms with Crippen molar-refractivity contribution in [2.75, 3.05) is 5.32 Å². The van der Waals surface area contributed by atoms with Gasteiger partial charge in [0.25, 0.3) is 0 Å². The highest BCUT2D eigenvalue weighted by Crippen LogP contribution is 2.23. The zero-order chi connectivity index (χ0) is 14.5. The Morgan fingerprint density at radius 3 is 2.85 bits per heavy atom. The minimum Gasteiger partial charge on any atom is -0.440 e. The molecule has 20 heavy (non-hydrogen) atoms. The van der Waals surface area contributed by atoms with Gasteiger partial charge in [0.15, 0.2) is 11.5 Å². The topological polar surface area (TPSA) is 55.1 Å². The second-order valence-electron chi connectivity index (χ2n) is 5.39. The van der Waals surface area contributed by atoms with Gasteiger partial charge in [-0.05, 0) is 24.6 Å². The Labute approximate surface area is 119 Å². The number of fused-ring (bicyclic) bond motifs is 1. The predicted molar refractivity (Wildman–Crippen MR) is 80.9 cm³/mol. The van der Waals surface area contributed by atoms with Crippen molar-refractivity contribution in [1.82, 2.24) is 4.98 Å². The van der Waals surface area contributed by atoms with Crippen LogP contribution in [-0.2, 0) is 4.79 Å². The summed E-state index contributed by atoms with van der Waals surface area (Å²) in [6.45, 7) is 6.21. The van der Waals surface area contributed by atoms with Gasteiger partial charge in [0, 0.05) is 18.0 Å². The zero-order valence-electron chi connectivity index (χ0n) is 12.4. The van der Waals surface area contributed by atoms with Crippen LogP contribution in [0.2, 0.25) is 0 Å². The van der Waals surface area contributed by atoms with Crippen LogP contribution in [-0.4, -0.2) is 10.9 Å². The van der Waals surface area contributed by atoms with Gasteiger partial charge < -0.3 is 9.73 Å². The maximum atomic E-state index is 11.8. The average Bonchev–Trinajstić information content (AvgIpc) is 2.82. The lowest BCUT2D eigenvalue weighted by Gasteiger charge is -2.04. The molecule has 0 aliphatic heterocycles. The molecule has 4 heteroatoms. The molecule has 0 saturated carbocycles. The molecular formula is C16H22N2O2. The molecule has 0 aliphatic carbocycles. The highest BCUT2D eigenvalue weighted by molar-refractivity contribution is 5.92. The fraction of sp³-hybridized carbons (Fsp3) is 0.500. The first-order chi connectivity index (χ1) is 9.60. The third kappa shape index (κ3) is 3.59. The zero-order valence-corrected chi connectivity index (χ0v) is 12.4. The van der Waals surface area contributed by atoms with Gasteiger partial charge in [-0.15, -0.1) is 0 Å². The first-order valence-electron chi connectivity index (χ1n) is 7.30. The van der Waals surface area contributed by atoms with E-state index in [4.69, 9.17) is 4.42 Å². The number of nitrogens with zero attached hydrogens (tertiary/aromatic N) is 1. The third-order valence-electron chi connectivity index (χ3n) is 3.19. The van der Waals surface area contributed by atoms with Crippen molar-refractivity contribution in [3.05, 3.63) is 24.1 Å². The molecule has 2 aromatic rings. The standard InChI is InChI=1S/C16H22N2O2/c1-4-5-6-7-15(19)17-12-8-9-14-13(10-12)18-16(20-14)11(2)3/h8-11H,4-7H2,1-3H3,(H,17,19). The maximum absolute atomic E-state index is 11.8. The number of rotatable bonds is 6. The lowest BCUT2D eigenvalue weighted by atomic mass is 10.2. The first kappa shape index (κ1) is 14.6. The number of benzene rings is 1. The minimum absolute atomic E-state index is 0.0605. The largest absolute Gasteiger partial charge is 0.440 e. The van der Waals surface area contributed by atoms with Crippen molar-refractivity contribution >= 4 is 22.7 Å². The number of hydrogen-bond donors (Lipinski definition) is 1. The Morgan fingerprint density at radius 2 is 2.15 bits per heavy atom. The van der Waals surface area contributed by atoms with E-state index < -0.39 is 0 Å². The Bertz CT molecular complexity index is 587. The smallest absolute Gasteiger partial charge is 0.224 e. The SMILES string of the molecule is CCCCCC(=O)Nc1ccc2oc(C(C)C)nc2c1. The quantitative estimate of drug-likeness (QED) is 0.791. The van der Waals surface area contributed by atoms with Gasteiger partial charge in [-0.25, -0.2) is 4.98 Å². The molecule has 0 aliphatic rings. The molecule has 0 radical (unpaired) electrons. The van der Waals surface area contributed by atoms with Crippen LogP contribution < -0.4 is 5.32 Å². The Hall–Kier alpha value is -1.84. The molecule has 2 rings (SSSR count). The number of anilines is 1. The average molecular weight is 274 g/mol. The second-order valence-corrected chi connectivity index (χ2v) is 5.39. The highest BCUT2D eigenvalue weighted by atomic mass is 16.3. The van der Waals surface area contributed by atoms with Crippen LogP contribution in [0.25, 0.3) is 11.1 Å². The number of unbranched alkanes of at least 4 members (excludes halogenated alkanes) is 2. The van der Waals surface area contributed by atoms with E-state index in [1.165, 1.54) is 0 Å². The summed E-state index contributed by atoms with van der Waals surface area (Å²) in [7, 11) is 0.